The van der Waals surface area contributed by atoms with Crippen LogP contribution in [0.2, 0.25) is 0 Å². The summed E-state index contributed by atoms with van der Waals surface area (Å²) in [5.74, 6) is 0. The van der Waals surface area contributed by atoms with Crippen LogP contribution < -0.4 is 5.32 Å². The molecule has 0 rings (SSSR count). The lowest BCUT2D eigenvalue weighted by molar-refractivity contribution is 0.170. The van der Waals surface area contributed by atoms with E-state index in [0.717, 1.165) is 19.4 Å². The minimum absolute atomic E-state index is 0.0158. The van der Waals surface area contributed by atoms with Gasteiger partial charge >= 0.3 is 0 Å². The zero-order valence-electron chi connectivity index (χ0n) is 9.26. The summed E-state index contributed by atoms with van der Waals surface area (Å²) < 4.78 is 5.00. The van der Waals surface area contributed by atoms with Gasteiger partial charge in [-0.15, -0.1) is 0 Å². The van der Waals surface area contributed by atoms with Crippen LogP contribution in [0.25, 0.3) is 0 Å². The van der Waals surface area contributed by atoms with Crippen molar-refractivity contribution in [2.24, 2.45) is 0 Å². The molecule has 0 aromatic rings. The van der Waals surface area contributed by atoms with Gasteiger partial charge in [0.1, 0.15) is 0 Å². The zero-order chi connectivity index (χ0) is 10.3. The van der Waals surface area contributed by atoms with E-state index in [0.29, 0.717) is 6.04 Å². The summed E-state index contributed by atoms with van der Waals surface area (Å²) >= 11 is 0. The fraction of sp³-hybridized carbons (Fsp3) is 1.00. The van der Waals surface area contributed by atoms with Gasteiger partial charge in [0.05, 0.1) is 0 Å². The molecule has 13 heavy (non-hydrogen) atoms. The molecule has 0 bridgehead atoms. The van der Waals surface area contributed by atoms with E-state index in [9.17, 15) is 0 Å². The highest BCUT2D eigenvalue weighted by Gasteiger charge is 2.18. The van der Waals surface area contributed by atoms with Crippen molar-refractivity contribution in [3.05, 3.63) is 0 Å². The second-order valence-corrected chi connectivity index (χ2v) is 4.18. The number of nitrogens with one attached hydrogen (secondary N) is 1. The Hall–Kier alpha value is -0.120. The summed E-state index contributed by atoms with van der Waals surface area (Å²) in [6, 6.07) is 0.432. The Morgan fingerprint density at radius 3 is 2.54 bits per heavy atom. The molecular weight excluding hydrogens is 166 g/mol. The summed E-state index contributed by atoms with van der Waals surface area (Å²) in [6.45, 7) is 7.36. The standard InChI is InChI=1S/C10H23NO2/c1-9(5-8-13-4)11-10(2,3)6-7-12/h9,11-12H,5-8H2,1-4H3. The molecule has 0 amide bonds. The summed E-state index contributed by atoms with van der Waals surface area (Å²) in [4.78, 5) is 0. The van der Waals surface area contributed by atoms with E-state index >= 15 is 0 Å². The van der Waals surface area contributed by atoms with Gasteiger partial charge in [0.15, 0.2) is 0 Å². The first kappa shape index (κ1) is 12.9. The summed E-state index contributed by atoms with van der Waals surface area (Å²) in [5.41, 5.74) is 0.0158. The minimum atomic E-state index is 0.0158. The van der Waals surface area contributed by atoms with Crippen LogP contribution in [0.5, 0.6) is 0 Å². The molecule has 0 fully saturated rings. The van der Waals surface area contributed by atoms with Crippen LogP contribution in [0.1, 0.15) is 33.6 Å². The highest BCUT2D eigenvalue weighted by molar-refractivity contribution is 4.80. The second kappa shape index (κ2) is 6.35. The Labute approximate surface area is 81.5 Å². The molecule has 0 aliphatic carbocycles. The van der Waals surface area contributed by atoms with Crippen molar-refractivity contribution >= 4 is 0 Å². The van der Waals surface area contributed by atoms with E-state index in [4.69, 9.17) is 9.84 Å². The molecule has 0 aromatic heterocycles. The lowest BCUT2D eigenvalue weighted by Gasteiger charge is -2.29. The molecule has 0 radical (unpaired) electrons. The molecule has 80 valence electrons. The maximum atomic E-state index is 8.83. The Bertz CT molecular complexity index is 126. The van der Waals surface area contributed by atoms with E-state index in [-0.39, 0.29) is 12.1 Å². The van der Waals surface area contributed by atoms with Crippen molar-refractivity contribution < 1.29 is 9.84 Å². The first-order valence-corrected chi connectivity index (χ1v) is 4.89. The predicted molar refractivity (Wildman–Crippen MR) is 54.9 cm³/mol. The smallest absolute Gasteiger partial charge is 0.0476 e. The third-order valence-electron chi connectivity index (χ3n) is 2.13. The molecule has 1 unspecified atom stereocenters. The van der Waals surface area contributed by atoms with Gasteiger partial charge in [-0.3, -0.25) is 0 Å². The highest BCUT2D eigenvalue weighted by atomic mass is 16.5. The first-order valence-electron chi connectivity index (χ1n) is 4.89. The van der Waals surface area contributed by atoms with Gasteiger partial charge in [0.2, 0.25) is 0 Å². The van der Waals surface area contributed by atoms with Crippen molar-refractivity contribution in [1.82, 2.24) is 5.32 Å². The van der Waals surface area contributed by atoms with Crippen molar-refractivity contribution in [2.45, 2.75) is 45.2 Å². The van der Waals surface area contributed by atoms with E-state index in [1.165, 1.54) is 0 Å². The number of rotatable bonds is 7. The molecule has 3 heteroatoms. The molecule has 0 aromatic carbocycles. The van der Waals surface area contributed by atoms with Gasteiger partial charge < -0.3 is 15.2 Å². The number of aliphatic hydroxyl groups excluding tert-OH is 1. The number of methoxy groups -OCH3 is 1. The minimum Gasteiger partial charge on any atom is -0.396 e. The van der Waals surface area contributed by atoms with Gasteiger partial charge in [-0.1, -0.05) is 0 Å². The van der Waals surface area contributed by atoms with Crippen LogP contribution in [0, 0.1) is 0 Å². The third kappa shape index (κ3) is 6.99. The molecule has 0 saturated heterocycles. The number of aliphatic hydroxyl groups is 1. The van der Waals surface area contributed by atoms with E-state index in [1.54, 1.807) is 7.11 Å². The van der Waals surface area contributed by atoms with Crippen molar-refractivity contribution in [1.29, 1.82) is 0 Å². The van der Waals surface area contributed by atoms with Crippen LogP contribution in [-0.4, -0.2) is 37.0 Å². The fourth-order valence-electron chi connectivity index (χ4n) is 1.39. The molecule has 1 atom stereocenters. The molecule has 3 nitrogen and oxygen atoms in total. The predicted octanol–water partition coefficient (Wildman–Crippen LogP) is 1.16. The van der Waals surface area contributed by atoms with Crippen molar-refractivity contribution in [2.75, 3.05) is 20.3 Å². The normalized spacial score (nSPS) is 14.5. The zero-order valence-corrected chi connectivity index (χ0v) is 9.26. The maximum absolute atomic E-state index is 8.83. The van der Waals surface area contributed by atoms with E-state index < -0.39 is 0 Å². The van der Waals surface area contributed by atoms with Crippen LogP contribution >= 0.6 is 0 Å². The van der Waals surface area contributed by atoms with Crippen LogP contribution in [0.4, 0.5) is 0 Å². The summed E-state index contributed by atoms with van der Waals surface area (Å²) in [6.07, 6.45) is 1.79. The molecular formula is C10H23NO2. The molecule has 0 heterocycles. The van der Waals surface area contributed by atoms with Gasteiger partial charge in [0.25, 0.3) is 0 Å². The fourth-order valence-corrected chi connectivity index (χ4v) is 1.39. The van der Waals surface area contributed by atoms with Crippen LogP contribution in [0.3, 0.4) is 0 Å². The number of hydrogen-bond acceptors (Lipinski definition) is 3. The highest BCUT2D eigenvalue weighted by Crippen LogP contribution is 2.09. The van der Waals surface area contributed by atoms with Crippen molar-refractivity contribution in [3.63, 3.8) is 0 Å². The Balaban J connectivity index is 3.68. The third-order valence-corrected chi connectivity index (χ3v) is 2.13. The number of ether oxygens (including phenoxy) is 1. The van der Waals surface area contributed by atoms with Gasteiger partial charge in [-0.25, -0.2) is 0 Å². The molecule has 0 saturated carbocycles. The van der Waals surface area contributed by atoms with Gasteiger partial charge in [-0.05, 0) is 33.6 Å². The van der Waals surface area contributed by atoms with Crippen LogP contribution in [0.15, 0.2) is 0 Å². The van der Waals surface area contributed by atoms with E-state index in [1.807, 2.05) is 0 Å². The maximum Gasteiger partial charge on any atom is 0.0476 e. The molecule has 0 spiro atoms. The SMILES string of the molecule is COCCC(C)NC(C)(C)CCO. The molecule has 0 aliphatic rings. The molecule has 2 N–H and O–H groups in total. The van der Waals surface area contributed by atoms with Crippen LogP contribution in [-0.2, 0) is 4.74 Å². The lowest BCUT2D eigenvalue weighted by atomic mass is 9.99. The first-order chi connectivity index (χ1) is 6.02. The molecule has 0 aliphatic heterocycles. The Morgan fingerprint density at radius 1 is 1.46 bits per heavy atom. The topological polar surface area (TPSA) is 41.5 Å². The average Bonchev–Trinajstić information content (AvgIpc) is 1.99. The second-order valence-electron chi connectivity index (χ2n) is 4.18. The lowest BCUT2D eigenvalue weighted by Crippen LogP contribution is -2.45. The van der Waals surface area contributed by atoms with Gasteiger partial charge in [0, 0.05) is 31.9 Å². The number of hydrogen-bond donors (Lipinski definition) is 2. The Morgan fingerprint density at radius 2 is 2.08 bits per heavy atom. The van der Waals surface area contributed by atoms with Gasteiger partial charge in [-0.2, -0.15) is 0 Å². The van der Waals surface area contributed by atoms with E-state index in [2.05, 4.69) is 26.1 Å². The quantitative estimate of drug-likeness (QED) is 0.631. The average molecular weight is 189 g/mol. The monoisotopic (exact) mass is 189 g/mol. The van der Waals surface area contributed by atoms with Crippen molar-refractivity contribution in [3.8, 4) is 0 Å². The Kier molecular flexibility index (Phi) is 6.29. The summed E-state index contributed by atoms with van der Waals surface area (Å²) in [5, 5.41) is 12.3. The summed E-state index contributed by atoms with van der Waals surface area (Å²) in [7, 11) is 1.71. The largest absolute Gasteiger partial charge is 0.396 e.